The molecule has 0 spiro atoms. The smallest absolute Gasteiger partial charge is 0.337 e. The molecule has 5 atom stereocenters. The van der Waals surface area contributed by atoms with Crippen molar-refractivity contribution in [2.45, 2.75) is 43.6 Å². The summed E-state index contributed by atoms with van der Waals surface area (Å²) in [6.45, 7) is 4.16. The van der Waals surface area contributed by atoms with Gasteiger partial charge in [0.2, 0.25) is 0 Å². The van der Waals surface area contributed by atoms with E-state index in [0.717, 1.165) is 49.4 Å². The Hall–Kier alpha value is -2.29. The Morgan fingerprint density at radius 1 is 1.31 bits per heavy atom. The molecule has 1 aromatic rings. The Bertz CT molecular complexity index is 935. The number of methoxy groups -OCH3 is 3. The van der Waals surface area contributed by atoms with Crippen LogP contribution in [0.1, 0.15) is 31.7 Å². The van der Waals surface area contributed by atoms with Crippen LogP contribution in [-0.4, -0.2) is 63.8 Å². The number of nitrogens with one attached hydrogen (secondary N) is 1. The molecule has 5 rings (SSSR count). The van der Waals surface area contributed by atoms with Crippen LogP contribution in [0.15, 0.2) is 30.0 Å². The van der Waals surface area contributed by atoms with Gasteiger partial charge in [0.05, 0.1) is 44.8 Å². The van der Waals surface area contributed by atoms with E-state index in [-0.39, 0.29) is 24.7 Å². The van der Waals surface area contributed by atoms with Gasteiger partial charge in [0.25, 0.3) is 0 Å². The van der Waals surface area contributed by atoms with Gasteiger partial charge in [0.15, 0.2) is 18.1 Å². The third-order valence-electron chi connectivity index (χ3n) is 7.93. The van der Waals surface area contributed by atoms with Crippen LogP contribution in [-0.2, 0) is 29.3 Å². The minimum Gasteiger partial charge on any atom is -0.504 e. The van der Waals surface area contributed by atoms with Crippen LogP contribution < -0.4 is 10.1 Å². The Kier molecular flexibility index (Phi) is 5.34. The number of anilines is 1. The van der Waals surface area contributed by atoms with Gasteiger partial charge in [-0.3, -0.25) is 4.90 Å². The van der Waals surface area contributed by atoms with E-state index in [4.69, 9.17) is 23.7 Å². The zero-order chi connectivity index (χ0) is 22.5. The van der Waals surface area contributed by atoms with Crippen LogP contribution in [0.4, 0.5) is 5.69 Å². The number of carbonyl (C=O) groups is 1. The quantitative estimate of drug-likeness (QED) is 0.422. The second-order valence-corrected chi connectivity index (χ2v) is 9.05. The lowest BCUT2D eigenvalue weighted by Gasteiger charge is -2.56. The maximum atomic E-state index is 12.7. The number of hydrogen-bond donors (Lipinski definition) is 1. The maximum absolute atomic E-state index is 12.7. The Labute approximate surface area is 188 Å². The molecule has 8 nitrogen and oxygen atoms in total. The van der Waals surface area contributed by atoms with Gasteiger partial charge < -0.3 is 29.0 Å². The number of hydrogen-bond acceptors (Lipinski definition) is 8. The van der Waals surface area contributed by atoms with Crippen LogP contribution in [0.25, 0.3) is 0 Å². The first-order valence-electron chi connectivity index (χ1n) is 11.3. The standard InChI is InChI=1S/C24H32N2O6/c1-5-15-12-26-10-9-23-21-18(7-6-8-19(21)29-3)25-24(23,32-14-31-23)20(26)11-16(15)17(13-28-2)22(27)30-4/h6-8,13,15-16,20,25H,5,9-12,14H2,1-4H3/t15?,16-,20-,23-,24-/m0/s1. The molecule has 0 aliphatic carbocycles. The van der Waals surface area contributed by atoms with E-state index in [0.29, 0.717) is 11.5 Å². The Balaban J connectivity index is 1.58. The molecule has 0 amide bonds. The lowest BCUT2D eigenvalue weighted by molar-refractivity contribution is -0.150. The summed E-state index contributed by atoms with van der Waals surface area (Å²) in [6.07, 6.45) is 4.05. The van der Waals surface area contributed by atoms with Crippen molar-refractivity contribution in [1.82, 2.24) is 4.90 Å². The molecule has 0 saturated carbocycles. The predicted molar refractivity (Wildman–Crippen MR) is 117 cm³/mol. The van der Waals surface area contributed by atoms with E-state index < -0.39 is 11.3 Å². The highest BCUT2D eigenvalue weighted by molar-refractivity contribution is 5.88. The maximum Gasteiger partial charge on any atom is 0.337 e. The minimum absolute atomic E-state index is 0.00423. The minimum atomic E-state index is -0.743. The number of carbonyl (C=O) groups excluding carboxylic acids is 1. The molecule has 0 aromatic heterocycles. The normalized spacial score (nSPS) is 35.8. The monoisotopic (exact) mass is 444 g/mol. The molecule has 0 radical (unpaired) electrons. The van der Waals surface area contributed by atoms with Gasteiger partial charge in [-0.2, -0.15) is 0 Å². The third kappa shape index (κ3) is 2.75. The lowest BCUT2D eigenvalue weighted by atomic mass is 9.67. The molecule has 4 aliphatic rings. The zero-order valence-corrected chi connectivity index (χ0v) is 19.2. The first-order chi connectivity index (χ1) is 15.5. The van der Waals surface area contributed by atoms with Gasteiger partial charge >= 0.3 is 5.97 Å². The lowest BCUT2D eigenvalue weighted by Crippen LogP contribution is -2.71. The van der Waals surface area contributed by atoms with Crippen LogP contribution in [0, 0.1) is 11.8 Å². The Morgan fingerprint density at radius 2 is 2.16 bits per heavy atom. The van der Waals surface area contributed by atoms with Crippen LogP contribution in [0.3, 0.4) is 0 Å². The average Bonchev–Trinajstić information content (AvgIpc) is 3.34. The van der Waals surface area contributed by atoms with Gasteiger partial charge in [0, 0.05) is 18.8 Å². The molecule has 8 heteroatoms. The summed E-state index contributed by atoms with van der Waals surface area (Å²) in [4.78, 5) is 15.2. The number of esters is 1. The number of nitrogens with zero attached hydrogens (tertiary/aromatic N) is 1. The zero-order valence-electron chi connectivity index (χ0n) is 19.2. The van der Waals surface area contributed by atoms with Crippen molar-refractivity contribution in [2.24, 2.45) is 11.8 Å². The second-order valence-electron chi connectivity index (χ2n) is 9.05. The molecule has 174 valence electrons. The van der Waals surface area contributed by atoms with E-state index in [9.17, 15) is 4.79 Å². The highest BCUT2D eigenvalue weighted by atomic mass is 16.7. The van der Waals surface area contributed by atoms with Crippen LogP contribution >= 0.6 is 0 Å². The van der Waals surface area contributed by atoms with Crippen LogP contribution in [0.5, 0.6) is 5.75 Å². The van der Waals surface area contributed by atoms with Gasteiger partial charge in [-0.15, -0.1) is 0 Å². The van der Waals surface area contributed by atoms with Gasteiger partial charge in [-0.05, 0) is 36.8 Å². The van der Waals surface area contributed by atoms with E-state index in [2.05, 4.69) is 23.2 Å². The van der Waals surface area contributed by atoms with Crippen molar-refractivity contribution in [3.05, 3.63) is 35.6 Å². The van der Waals surface area contributed by atoms with Gasteiger partial charge in [-0.25, -0.2) is 4.79 Å². The molecule has 1 unspecified atom stereocenters. The fraction of sp³-hybridized carbons (Fsp3) is 0.625. The average molecular weight is 445 g/mol. The fourth-order valence-electron chi connectivity index (χ4n) is 6.53. The number of ether oxygens (including phenoxy) is 5. The number of fused-ring (bicyclic) bond motifs is 2. The molecule has 3 fully saturated rings. The topological polar surface area (TPSA) is 78.5 Å². The van der Waals surface area contributed by atoms with E-state index >= 15 is 0 Å². The first kappa shape index (κ1) is 21.6. The predicted octanol–water partition coefficient (Wildman–Crippen LogP) is 2.84. The summed E-state index contributed by atoms with van der Waals surface area (Å²) in [5.41, 5.74) is 1.24. The van der Waals surface area contributed by atoms with E-state index in [1.54, 1.807) is 20.5 Å². The third-order valence-corrected chi connectivity index (χ3v) is 7.93. The summed E-state index contributed by atoms with van der Waals surface area (Å²) in [6, 6.07) is 6.03. The molecular formula is C24H32N2O6. The van der Waals surface area contributed by atoms with Crippen LogP contribution in [0.2, 0.25) is 0 Å². The number of rotatable bonds is 5. The number of benzene rings is 1. The highest BCUT2D eigenvalue weighted by Gasteiger charge is 2.72. The Morgan fingerprint density at radius 3 is 2.88 bits per heavy atom. The molecular weight excluding hydrogens is 412 g/mol. The molecule has 3 saturated heterocycles. The molecule has 1 N–H and O–H groups in total. The van der Waals surface area contributed by atoms with Crippen molar-refractivity contribution in [1.29, 1.82) is 0 Å². The van der Waals surface area contributed by atoms with Crippen molar-refractivity contribution >= 4 is 11.7 Å². The summed E-state index contributed by atoms with van der Waals surface area (Å²) in [5, 5.41) is 3.71. The van der Waals surface area contributed by atoms with Crippen molar-refractivity contribution in [3.63, 3.8) is 0 Å². The second kappa shape index (κ2) is 7.93. The van der Waals surface area contributed by atoms with Gasteiger partial charge in [0.1, 0.15) is 5.75 Å². The summed E-state index contributed by atoms with van der Waals surface area (Å²) < 4.78 is 29.0. The molecule has 4 aliphatic heterocycles. The largest absolute Gasteiger partial charge is 0.504 e. The van der Waals surface area contributed by atoms with Crippen molar-refractivity contribution in [2.75, 3.05) is 46.5 Å². The summed E-state index contributed by atoms with van der Waals surface area (Å²) in [5.74, 6) is 0.784. The first-order valence-corrected chi connectivity index (χ1v) is 11.3. The SMILES string of the molecule is CCC1CN2CC[C@@]34OCO[C@@]3(Nc3cccc(OC)c34)[C@@H]2C[C@@H]1C(=COC)C(=O)OC. The van der Waals surface area contributed by atoms with E-state index in [1.165, 1.54) is 7.11 Å². The fourth-order valence-corrected chi connectivity index (χ4v) is 6.53. The van der Waals surface area contributed by atoms with Crippen molar-refractivity contribution in [3.8, 4) is 5.75 Å². The summed E-state index contributed by atoms with van der Waals surface area (Å²) >= 11 is 0. The molecule has 4 heterocycles. The number of piperidine rings is 2. The highest BCUT2D eigenvalue weighted by Crippen LogP contribution is 2.62. The van der Waals surface area contributed by atoms with Gasteiger partial charge in [-0.1, -0.05) is 19.4 Å². The molecule has 1 aromatic carbocycles. The summed E-state index contributed by atoms with van der Waals surface area (Å²) in [7, 11) is 4.68. The molecule has 32 heavy (non-hydrogen) atoms. The molecule has 0 bridgehead atoms. The van der Waals surface area contributed by atoms with Crippen molar-refractivity contribution < 1.29 is 28.5 Å². The van der Waals surface area contributed by atoms with E-state index in [1.807, 2.05) is 12.1 Å².